The molecule has 1 aliphatic heterocycles. The number of hydrogen-bond donors (Lipinski definition) is 1. The standard InChI is InChI=1S/C18H31NO/c1-2-3-7-16-10-12-19(13-11-16)15-18(20)14-17-8-5-4-6-9-17/h4-6,8,16-18,20H,2-3,7,9-15H2,1H3/t17-,18+/m1/s1. The summed E-state index contributed by atoms with van der Waals surface area (Å²) in [6, 6.07) is 0. The number of likely N-dealkylation sites (tertiary alicyclic amines) is 1. The molecule has 0 unspecified atom stereocenters. The van der Waals surface area contributed by atoms with Crippen LogP contribution >= 0.6 is 0 Å². The molecule has 0 saturated carbocycles. The molecule has 114 valence electrons. The number of aliphatic hydroxyl groups is 1. The summed E-state index contributed by atoms with van der Waals surface area (Å²) >= 11 is 0. The first-order valence-corrected chi connectivity index (χ1v) is 8.51. The van der Waals surface area contributed by atoms with E-state index in [-0.39, 0.29) is 6.10 Å². The zero-order valence-corrected chi connectivity index (χ0v) is 13.0. The van der Waals surface area contributed by atoms with Gasteiger partial charge >= 0.3 is 0 Å². The Labute approximate surface area is 124 Å². The first kappa shape index (κ1) is 15.8. The van der Waals surface area contributed by atoms with E-state index >= 15 is 0 Å². The summed E-state index contributed by atoms with van der Waals surface area (Å²) in [5.74, 6) is 1.48. The highest BCUT2D eigenvalue weighted by atomic mass is 16.3. The second kappa shape index (κ2) is 8.63. The summed E-state index contributed by atoms with van der Waals surface area (Å²) in [6.07, 6.45) is 17.3. The topological polar surface area (TPSA) is 23.5 Å². The van der Waals surface area contributed by atoms with Gasteiger partial charge in [-0.2, -0.15) is 0 Å². The SMILES string of the molecule is CCCCC1CCN(C[C@@H](O)C[C@@H]2C=CC=CC2)CC1. The Morgan fingerprint density at radius 1 is 1.25 bits per heavy atom. The monoisotopic (exact) mass is 277 g/mol. The maximum Gasteiger partial charge on any atom is 0.0672 e. The van der Waals surface area contributed by atoms with E-state index in [4.69, 9.17) is 0 Å². The second-order valence-corrected chi connectivity index (χ2v) is 6.58. The molecule has 2 nitrogen and oxygen atoms in total. The van der Waals surface area contributed by atoms with Gasteiger partial charge in [-0.25, -0.2) is 0 Å². The zero-order valence-electron chi connectivity index (χ0n) is 13.0. The van der Waals surface area contributed by atoms with Gasteiger partial charge in [0, 0.05) is 6.54 Å². The van der Waals surface area contributed by atoms with Crippen molar-refractivity contribution < 1.29 is 5.11 Å². The van der Waals surface area contributed by atoms with Crippen LogP contribution in [-0.2, 0) is 0 Å². The van der Waals surface area contributed by atoms with Crippen LogP contribution in [-0.4, -0.2) is 35.7 Å². The van der Waals surface area contributed by atoms with Crippen LogP contribution in [0.3, 0.4) is 0 Å². The number of unbranched alkanes of at least 4 members (excludes halogenated alkanes) is 1. The molecule has 2 aliphatic rings. The van der Waals surface area contributed by atoms with Crippen LogP contribution in [0.4, 0.5) is 0 Å². The van der Waals surface area contributed by atoms with Gasteiger partial charge in [0.15, 0.2) is 0 Å². The van der Waals surface area contributed by atoms with E-state index < -0.39 is 0 Å². The Bertz CT molecular complexity index is 315. The maximum absolute atomic E-state index is 10.3. The van der Waals surface area contributed by atoms with Crippen molar-refractivity contribution in [1.82, 2.24) is 4.90 Å². The molecule has 1 fully saturated rings. The fourth-order valence-corrected chi connectivity index (χ4v) is 3.48. The lowest BCUT2D eigenvalue weighted by Crippen LogP contribution is -2.39. The quantitative estimate of drug-likeness (QED) is 0.765. The Balaban J connectivity index is 1.62. The number of hydrogen-bond acceptors (Lipinski definition) is 2. The molecule has 1 N–H and O–H groups in total. The molecule has 2 atom stereocenters. The number of aliphatic hydroxyl groups excluding tert-OH is 1. The van der Waals surface area contributed by atoms with Gasteiger partial charge in [0.2, 0.25) is 0 Å². The predicted molar refractivity (Wildman–Crippen MR) is 85.7 cm³/mol. The highest BCUT2D eigenvalue weighted by Crippen LogP contribution is 2.23. The molecule has 1 saturated heterocycles. The van der Waals surface area contributed by atoms with Crippen molar-refractivity contribution >= 4 is 0 Å². The van der Waals surface area contributed by atoms with Gasteiger partial charge < -0.3 is 10.0 Å². The van der Waals surface area contributed by atoms with Crippen molar-refractivity contribution in [2.75, 3.05) is 19.6 Å². The van der Waals surface area contributed by atoms with E-state index in [1.54, 1.807) is 0 Å². The maximum atomic E-state index is 10.3. The number of nitrogens with zero attached hydrogens (tertiary/aromatic N) is 1. The first-order chi connectivity index (χ1) is 9.78. The molecule has 1 heterocycles. The molecule has 0 aromatic rings. The minimum Gasteiger partial charge on any atom is -0.392 e. The van der Waals surface area contributed by atoms with Crippen molar-refractivity contribution in [3.63, 3.8) is 0 Å². The van der Waals surface area contributed by atoms with Crippen molar-refractivity contribution in [3.8, 4) is 0 Å². The van der Waals surface area contributed by atoms with Crippen molar-refractivity contribution in [3.05, 3.63) is 24.3 Å². The number of allylic oxidation sites excluding steroid dienone is 4. The first-order valence-electron chi connectivity index (χ1n) is 8.51. The molecule has 0 spiro atoms. The van der Waals surface area contributed by atoms with Gasteiger partial charge in [-0.05, 0) is 50.6 Å². The molecule has 2 rings (SSSR count). The van der Waals surface area contributed by atoms with Crippen molar-refractivity contribution in [1.29, 1.82) is 0 Å². The van der Waals surface area contributed by atoms with Gasteiger partial charge in [0.25, 0.3) is 0 Å². The van der Waals surface area contributed by atoms with E-state index in [0.29, 0.717) is 5.92 Å². The Hall–Kier alpha value is -0.600. The van der Waals surface area contributed by atoms with E-state index in [2.05, 4.69) is 36.1 Å². The van der Waals surface area contributed by atoms with E-state index in [1.807, 2.05) is 0 Å². The highest BCUT2D eigenvalue weighted by molar-refractivity contribution is 5.10. The molecular formula is C18H31NO. The normalized spacial score (nSPS) is 26.0. The third kappa shape index (κ3) is 5.41. The molecule has 0 amide bonds. The molecule has 0 aromatic heterocycles. The predicted octanol–water partition coefficient (Wildman–Crippen LogP) is 3.77. The summed E-state index contributed by atoms with van der Waals surface area (Å²) in [7, 11) is 0. The van der Waals surface area contributed by atoms with Crippen LogP contribution in [0.15, 0.2) is 24.3 Å². The molecule has 20 heavy (non-hydrogen) atoms. The van der Waals surface area contributed by atoms with Crippen molar-refractivity contribution in [2.24, 2.45) is 11.8 Å². The largest absolute Gasteiger partial charge is 0.392 e. The zero-order chi connectivity index (χ0) is 14.2. The van der Waals surface area contributed by atoms with E-state index in [0.717, 1.165) is 25.3 Å². The molecule has 0 bridgehead atoms. The second-order valence-electron chi connectivity index (χ2n) is 6.58. The lowest BCUT2D eigenvalue weighted by molar-refractivity contribution is 0.0755. The number of piperidine rings is 1. The molecule has 2 heteroatoms. The van der Waals surface area contributed by atoms with Crippen LogP contribution in [0.25, 0.3) is 0 Å². The van der Waals surface area contributed by atoms with Crippen LogP contribution in [0.2, 0.25) is 0 Å². The lowest BCUT2D eigenvalue weighted by atomic mass is 9.91. The minimum absolute atomic E-state index is 0.164. The fraction of sp³-hybridized carbons (Fsp3) is 0.778. The van der Waals surface area contributed by atoms with E-state index in [9.17, 15) is 5.11 Å². The van der Waals surface area contributed by atoms with Crippen LogP contribution in [0.1, 0.15) is 51.9 Å². The highest BCUT2D eigenvalue weighted by Gasteiger charge is 2.21. The number of rotatable bonds is 7. The summed E-state index contributed by atoms with van der Waals surface area (Å²) in [5.41, 5.74) is 0. The molecule has 1 aliphatic carbocycles. The van der Waals surface area contributed by atoms with Gasteiger partial charge in [-0.1, -0.05) is 50.5 Å². The summed E-state index contributed by atoms with van der Waals surface area (Å²) < 4.78 is 0. The molecule has 0 aromatic carbocycles. The van der Waals surface area contributed by atoms with Gasteiger partial charge in [0.05, 0.1) is 6.10 Å². The number of β-amino-alcohol motifs (C(OH)–C–C–N with tert-alkyl or cyclic N) is 1. The summed E-state index contributed by atoms with van der Waals surface area (Å²) in [5, 5.41) is 10.3. The smallest absolute Gasteiger partial charge is 0.0672 e. The molecule has 0 radical (unpaired) electrons. The van der Waals surface area contributed by atoms with Crippen molar-refractivity contribution in [2.45, 2.75) is 58.0 Å². The van der Waals surface area contributed by atoms with E-state index in [1.165, 1.54) is 45.2 Å². The Kier molecular flexibility index (Phi) is 6.81. The fourth-order valence-electron chi connectivity index (χ4n) is 3.48. The average molecular weight is 277 g/mol. The van der Waals surface area contributed by atoms with Gasteiger partial charge in [-0.15, -0.1) is 0 Å². The lowest BCUT2D eigenvalue weighted by Gasteiger charge is -2.33. The minimum atomic E-state index is -0.164. The van der Waals surface area contributed by atoms with Crippen LogP contribution < -0.4 is 0 Å². The summed E-state index contributed by atoms with van der Waals surface area (Å²) in [6.45, 7) is 5.52. The van der Waals surface area contributed by atoms with Crippen LogP contribution in [0, 0.1) is 11.8 Å². The third-order valence-corrected chi connectivity index (χ3v) is 4.79. The Morgan fingerprint density at radius 3 is 2.70 bits per heavy atom. The summed E-state index contributed by atoms with van der Waals surface area (Å²) in [4.78, 5) is 2.47. The Morgan fingerprint density at radius 2 is 2.05 bits per heavy atom. The van der Waals surface area contributed by atoms with Gasteiger partial charge in [-0.3, -0.25) is 0 Å². The third-order valence-electron chi connectivity index (χ3n) is 4.79. The van der Waals surface area contributed by atoms with Gasteiger partial charge in [0.1, 0.15) is 0 Å². The molecular weight excluding hydrogens is 246 g/mol. The average Bonchev–Trinajstić information content (AvgIpc) is 2.47. The van der Waals surface area contributed by atoms with Crippen LogP contribution in [0.5, 0.6) is 0 Å².